The average molecular weight is 458 g/mol. The molecule has 0 N–H and O–H groups in total. The molecule has 0 bridgehead atoms. The van der Waals surface area contributed by atoms with E-state index < -0.39 is 7.14 Å². The Balaban J connectivity index is 1.65. The second-order valence-electron chi connectivity index (χ2n) is 8.03. The molecule has 30 heavy (non-hydrogen) atoms. The van der Waals surface area contributed by atoms with E-state index in [9.17, 15) is 4.57 Å². The molecule has 1 heterocycles. The van der Waals surface area contributed by atoms with Gasteiger partial charge in [-0.25, -0.2) is 0 Å². The van der Waals surface area contributed by atoms with Crippen molar-refractivity contribution in [2.75, 3.05) is 6.54 Å². The number of rotatable bonds is 7. The first-order valence-electron chi connectivity index (χ1n) is 10.4. The van der Waals surface area contributed by atoms with E-state index in [1.807, 2.05) is 54.6 Å². The van der Waals surface area contributed by atoms with E-state index in [-0.39, 0.29) is 5.78 Å². The van der Waals surface area contributed by atoms with E-state index in [1.54, 1.807) is 0 Å². The molecule has 3 aromatic rings. The molecule has 0 aliphatic carbocycles. The van der Waals surface area contributed by atoms with Crippen LogP contribution in [-0.2, 0) is 23.4 Å². The lowest BCUT2D eigenvalue weighted by Gasteiger charge is -2.33. The lowest BCUT2D eigenvalue weighted by Crippen LogP contribution is -2.30. The summed E-state index contributed by atoms with van der Waals surface area (Å²) in [4.78, 5) is 2.35. The highest BCUT2D eigenvalue weighted by Crippen LogP contribution is 2.60. The predicted molar refractivity (Wildman–Crippen MR) is 128 cm³/mol. The van der Waals surface area contributed by atoms with Crippen molar-refractivity contribution in [2.24, 2.45) is 0 Å². The number of hydrogen-bond donors (Lipinski definition) is 0. The molecule has 0 radical (unpaired) electrons. The fourth-order valence-electron chi connectivity index (χ4n) is 4.46. The fourth-order valence-corrected chi connectivity index (χ4v) is 8.62. The largest absolute Gasteiger partial charge is 0.321 e. The molecular weight excluding hydrogens is 432 g/mol. The molecule has 1 saturated heterocycles. The van der Waals surface area contributed by atoms with Crippen molar-refractivity contribution in [3.05, 3.63) is 106 Å². The van der Waals surface area contributed by atoms with Crippen LogP contribution in [0.2, 0.25) is 10.0 Å². The monoisotopic (exact) mass is 457 g/mol. The van der Waals surface area contributed by atoms with Gasteiger partial charge >= 0.3 is 0 Å². The van der Waals surface area contributed by atoms with Crippen molar-refractivity contribution in [1.82, 2.24) is 4.90 Å². The SMILES string of the molecule is O=P(Cc1ccccc1)(Cc1ccccc1)C1CCCN1Cc1c(Cl)cccc1Cl. The molecule has 1 atom stereocenters. The van der Waals surface area contributed by atoms with Crippen LogP contribution in [-0.4, -0.2) is 17.2 Å². The van der Waals surface area contributed by atoms with E-state index in [4.69, 9.17) is 23.2 Å². The second kappa shape index (κ2) is 9.71. The Labute approximate surface area is 189 Å². The highest BCUT2D eigenvalue weighted by molar-refractivity contribution is 7.63. The molecule has 0 saturated carbocycles. The maximum atomic E-state index is 14.6. The van der Waals surface area contributed by atoms with Crippen LogP contribution in [0.15, 0.2) is 78.9 Å². The lowest BCUT2D eigenvalue weighted by atomic mass is 10.2. The summed E-state index contributed by atoms with van der Waals surface area (Å²) in [5.74, 6) is 0.0326. The smallest absolute Gasteiger partial charge is 0.112 e. The molecule has 156 valence electrons. The van der Waals surface area contributed by atoms with E-state index in [0.717, 1.165) is 36.1 Å². The van der Waals surface area contributed by atoms with Crippen LogP contribution in [0.5, 0.6) is 0 Å². The minimum absolute atomic E-state index is 0.0326. The van der Waals surface area contributed by atoms with Crippen LogP contribution in [0.4, 0.5) is 0 Å². The Kier molecular flexibility index (Phi) is 7.01. The highest BCUT2D eigenvalue weighted by atomic mass is 35.5. The Morgan fingerprint density at radius 1 is 0.800 bits per heavy atom. The summed E-state index contributed by atoms with van der Waals surface area (Å²) in [5.41, 5.74) is 3.21. The molecule has 0 spiro atoms. The maximum absolute atomic E-state index is 14.6. The second-order valence-corrected chi connectivity index (χ2v) is 12.0. The Hall–Kier alpha value is -1.57. The first-order valence-corrected chi connectivity index (χ1v) is 13.3. The lowest BCUT2D eigenvalue weighted by molar-refractivity contribution is 0.296. The van der Waals surface area contributed by atoms with Gasteiger partial charge in [-0.15, -0.1) is 0 Å². The van der Waals surface area contributed by atoms with Gasteiger partial charge in [0.25, 0.3) is 0 Å². The number of nitrogens with zero attached hydrogens (tertiary/aromatic N) is 1. The van der Waals surface area contributed by atoms with E-state index in [0.29, 0.717) is 28.9 Å². The van der Waals surface area contributed by atoms with Gasteiger partial charge in [0.2, 0.25) is 0 Å². The molecular formula is C25H26Cl2NOP. The van der Waals surface area contributed by atoms with Crippen molar-refractivity contribution in [3.63, 3.8) is 0 Å². The maximum Gasteiger partial charge on any atom is 0.112 e. The van der Waals surface area contributed by atoms with Crippen molar-refractivity contribution in [2.45, 2.75) is 37.5 Å². The van der Waals surface area contributed by atoms with Gasteiger partial charge in [0.05, 0.1) is 5.78 Å². The minimum Gasteiger partial charge on any atom is -0.321 e. The summed E-state index contributed by atoms with van der Waals surface area (Å²) in [6.07, 6.45) is 3.21. The first kappa shape index (κ1) is 21.7. The Bertz CT molecular complexity index is 960. The van der Waals surface area contributed by atoms with Crippen molar-refractivity contribution < 1.29 is 4.57 Å². The van der Waals surface area contributed by atoms with Gasteiger partial charge < -0.3 is 4.57 Å². The Morgan fingerprint density at radius 2 is 1.33 bits per heavy atom. The average Bonchev–Trinajstić information content (AvgIpc) is 3.21. The standard InChI is InChI=1S/C25H26Cl2NOP/c26-23-13-7-14-24(27)22(23)17-28-16-8-15-25(28)30(29,18-20-9-3-1-4-10-20)19-21-11-5-2-6-12-21/h1-7,9-14,25H,8,15-19H2. The van der Waals surface area contributed by atoms with E-state index in [2.05, 4.69) is 29.2 Å². The molecule has 4 rings (SSSR count). The van der Waals surface area contributed by atoms with Gasteiger partial charge in [-0.2, -0.15) is 0 Å². The number of benzene rings is 3. The summed E-state index contributed by atoms with van der Waals surface area (Å²) < 4.78 is 14.6. The molecule has 1 unspecified atom stereocenters. The van der Waals surface area contributed by atoms with Gasteiger partial charge in [-0.3, -0.25) is 4.90 Å². The van der Waals surface area contributed by atoms with E-state index >= 15 is 0 Å². The summed E-state index contributed by atoms with van der Waals surface area (Å²) in [6, 6.07) is 26.1. The summed E-state index contributed by atoms with van der Waals surface area (Å²) in [5, 5.41) is 1.35. The molecule has 1 fully saturated rings. The van der Waals surface area contributed by atoms with Crippen LogP contribution >= 0.6 is 30.3 Å². The van der Waals surface area contributed by atoms with Gasteiger partial charge in [0.15, 0.2) is 0 Å². The molecule has 5 heteroatoms. The third kappa shape index (κ3) is 5.01. The highest BCUT2D eigenvalue weighted by Gasteiger charge is 2.40. The van der Waals surface area contributed by atoms with Gasteiger partial charge in [-0.1, -0.05) is 89.9 Å². The van der Waals surface area contributed by atoms with Crippen LogP contribution in [0, 0.1) is 0 Å². The third-order valence-corrected chi connectivity index (χ3v) is 10.1. The molecule has 2 nitrogen and oxygen atoms in total. The normalized spacial score (nSPS) is 17.3. The van der Waals surface area contributed by atoms with Crippen molar-refractivity contribution in [1.29, 1.82) is 0 Å². The van der Waals surface area contributed by atoms with Crippen LogP contribution < -0.4 is 0 Å². The van der Waals surface area contributed by atoms with E-state index in [1.165, 1.54) is 0 Å². The minimum atomic E-state index is -2.59. The molecule has 3 aromatic carbocycles. The zero-order valence-electron chi connectivity index (χ0n) is 16.9. The summed E-state index contributed by atoms with van der Waals surface area (Å²) >= 11 is 12.9. The third-order valence-electron chi connectivity index (χ3n) is 5.88. The first-order chi connectivity index (χ1) is 14.5. The Morgan fingerprint density at radius 3 is 1.87 bits per heavy atom. The van der Waals surface area contributed by atoms with Crippen LogP contribution in [0.25, 0.3) is 0 Å². The van der Waals surface area contributed by atoms with Crippen molar-refractivity contribution in [3.8, 4) is 0 Å². The molecule has 0 amide bonds. The fraction of sp³-hybridized carbons (Fsp3) is 0.280. The predicted octanol–water partition coefficient (Wildman–Crippen LogP) is 7.68. The molecule has 1 aliphatic heterocycles. The topological polar surface area (TPSA) is 20.3 Å². The van der Waals surface area contributed by atoms with Crippen LogP contribution in [0.1, 0.15) is 29.5 Å². The zero-order valence-corrected chi connectivity index (χ0v) is 19.3. The van der Waals surface area contributed by atoms with Gasteiger partial charge in [0, 0.05) is 34.5 Å². The van der Waals surface area contributed by atoms with Crippen LogP contribution in [0.3, 0.4) is 0 Å². The molecule has 0 aromatic heterocycles. The number of hydrogen-bond acceptors (Lipinski definition) is 2. The van der Waals surface area contributed by atoms with Gasteiger partial charge in [0.1, 0.15) is 7.14 Å². The zero-order chi connectivity index (χ0) is 21.0. The molecule has 1 aliphatic rings. The summed E-state index contributed by atoms with van der Waals surface area (Å²) in [7, 11) is -2.59. The van der Waals surface area contributed by atoms with Gasteiger partial charge in [-0.05, 0) is 42.6 Å². The quantitative estimate of drug-likeness (QED) is 0.339. The summed E-state index contributed by atoms with van der Waals surface area (Å²) in [6.45, 7) is 1.55. The van der Waals surface area contributed by atoms with Crippen molar-refractivity contribution >= 4 is 30.3 Å². The number of halogens is 2. The number of likely N-dealkylation sites (tertiary alicyclic amines) is 1.